The number of amides is 1. The minimum Gasteiger partial charge on any atom is -0.469 e. The summed E-state index contributed by atoms with van der Waals surface area (Å²) in [7, 11) is 1.33. The highest BCUT2D eigenvalue weighted by Gasteiger charge is 2.43. The number of hydrogen-bond acceptors (Lipinski definition) is 6. The van der Waals surface area contributed by atoms with Crippen LogP contribution in [0.1, 0.15) is 39.2 Å². The van der Waals surface area contributed by atoms with Gasteiger partial charge in [0.15, 0.2) is 0 Å². The van der Waals surface area contributed by atoms with Crippen LogP contribution in [0.4, 0.5) is 4.79 Å². The molecular formula is C21H29NO6. The van der Waals surface area contributed by atoms with E-state index in [0.717, 1.165) is 5.56 Å². The van der Waals surface area contributed by atoms with Crippen LogP contribution in [0.5, 0.6) is 0 Å². The molecule has 154 valence electrons. The van der Waals surface area contributed by atoms with E-state index in [4.69, 9.17) is 14.2 Å². The minimum absolute atomic E-state index is 0.0412. The second-order valence-corrected chi connectivity index (χ2v) is 8.03. The van der Waals surface area contributed by atoms with Crippen LogP contribution in [0.25, 0.3) is 0 Å². The van der Waals surface area contributed by atoms with E-state index in [1.54, 1.807) is 20.8 Å². The molecular weight excluding hydrogens is 362 g/mol. The van der Waals surface area contributed by atoms with Crippen LogP contribution in [0, 0.1) is 17.3 Å². The zero-order valence-electron chi connectivity index (χ0n) is 16.9. The summed E-state index contributed by atoms with van der Waals surface area (Å²) in [4.78, 5) is 36.4. The predicted molar refractivity (Wildman–Crippen MR) is 102 cm³/mol. The van der Waals surface area contributed by atoms with Gasteiger partial charge in [0.05, 0.1) is 25.0 Å². The molecule has 1 aromatic carbocycles. The highest BCUT2D eigenvalue weighted by atomic mass is 16.6. The van der Waals surface area contributed by atoms with E-state index >= 15 is 0 Å². The molecule has 28 heavy (non-hydrogen) atoms. The first-order valence-corrected chi connectivity index (χ1v) is 9.44. The maximum absolute atomic E-state index is 12.2. The number of methoxy groups -OCH3 is 1. The van der Waals surface area contributed by atoms with Crippen molar-refractivity contribution in [1.82, 2.24) is 5.32 Å². The Morgan fingerprint density at radius 2 is 1.75 bits per heavy atom. The molecule has 1 aliphatic carbocycles. The van der Waals surface area contributed by atoms with Gasteiger partial charge in [0, 0.05) is 12.0 Å². The van der Waals surface area contributed by atoms with Crippen LogP contribution in [-0.4, -0.2) is 37.8 Å². The molecule has 1 fully saturated rings. The zero-order chi connectivity index (χ0) is 20.7. The molecule has 1 N–H and O–H groups in total. The van der Waals surface area contributed by atoms with Crippen molar-refractivity contribution in [2.24, 2.45) is 17.3 Å². The van der Waals surface area contributed by atoms with Crippen molar-refractivity contribution in [3.05, 3.63) is 35.9 Å². The van der Waals surface area contributed by atoms with Gasteiger partial charge in [-0.1, -0.05) is 30.3 Å². The lowest BCUT2D eigenvalue weighted by Crippen LogP contribution is -2.42. The lowest BCUT2D eigenvalue weighted by molar-refractivity contribution is -0.158. The molecule has 1 aromatic rings. The molecule has 0 aliphatic heterocycles. The van der Waals surface area contributed by atoms with E-state index in [9.17, 15) is 14.4 Å². The first kappa shape index (κ1) is 21.7. The monoisotopic (exact) mass is 391 g/mol. The zero-order valence-corrected chi connectivity index (χ0v) is 16.9. The van der Waals surface area contributed by atoms with Crippen LogP contribution in [0.2, 0.25) is 0 Å². The Morgan fingerprint density at radius 1 is 1.07 bits per heavy atom. The van der Waals surface area contributed by atoms with Crippen molar-refractivity contribution >= 4 is 18.0 Å². The number of alkyl carbamates (subject to hydrolysis) is 1. The summed E-state index contributed by atoms with van der Waals surface area (Å²) >= 11 is 0. The van der Waals surface area contributed by atoms with Gasteiger partial charge in [-0.15, -0.1) is 0 Å². The van der Waals surface area contributed by atoms with E-state index in [-0.39, 0.29) is 37.1 Å². The number of esters is 2. The molecule has 0 aromatic heterocycles. The minimum atomic E-state index is -0.642. The second kappa shape index (κ2) is 9.57. The van der Waals surface area contributed by atoms with Gasteiger partial charge in [-0.3, -0.25) is 9.59 Å². The summed E-state index contributed by atoms with van der Waals surface area (Å²) in [6.45, 7) is 5.48. The molecule has 3 unspecified atom stereocenters. The normalized spacial score (nSPS) is 21.6. The Balaban J connectivity index is 1.96. The highest BCUT2D eigenvalue weighted by Crippen LogP contribution is 2.34. The van der Waals surface area contributed by atoms with E-state index in [1.807, 2.05) is 30.3 Å². The third-order valence-electron chi connectivity index (χ3n) is 4.86. The molecule has 2 rings (SSSR count). The smallest absolute Gasteiger partial charge is 0.407 e. The van der Waals surface area contributed by atoms with Gasteiger partial charge in [-0.05, 0) is 39.2 Å². The first-order valence-electron chi connectivity index (χ1n) is 9.44. The third-order valence-corrected chi connectivity index (χ3v) is 4.86. The number of ether oxygens (including phenoxy) is 3. The lowest BCUT2D eigenvalue weighted by atomic mass is 9.93. The molecule has 0 bridgehead atoms. The Bertz CT molecular complexity index is 682. The van der Waals surface area contributed by atoms with E-state index in [2.05, 4.69) is 5.32 Å². The fourth-order valence-electron chi connectivity index (χ4n) is 3.23. The summed E-state index contributed by atoms with van der Waals surface area (Å²) in [5.74, 6) is -1.51. The van der Waals surface area contributed by atoms with Gasteiger partial charge in [-0.25, -0.2) is 4.79 Å². The maximum Gasteiger partial charge on any atom is 0.407 e. The number of hydrogen-bond donors (Lipinski definition) is 1. The van der Waals surface area contributed by atoms with Crippen molar-refractivity contribution in [1.29, 1.82) is 0 Å². The van der Waals surface area contributed by atoms with Crippen LogP contribution in [0.3, 0.4) is 0 Å². The maximum atomic E-state index is 12.2. The fourth-order valence-corrected chi connectivity index (χ4v) is 3.23. The molecule has 3 atom stereocenters. The van der Waals surface area contributed by atoms with Crippen molar-refractivity contribution in [2.75, 3.05) is 13.7 Å². The number of carbonyl (C=O) groups excluding carboxylic acids is 3. The highest BCUT2D eigenvalue weighted by molar-refractivity contribution is 5.76. The molecule has 0 spiro atoms. The fraction of sp³-hybridized carbons (Fsp3) is 0.571. The van der Waals surface area contributed by atoms with Gasteiger partial charge in [0.25, 0.3) is 0 Å². The SMILES string of the molecule is COC(=O)C1CCC(NC(=O)OCc2ccccc2)C1COC(=O)C(C)(C)C. The van der Waals surface area contributed by atoms with Crippen LogP contribution < -0.4 is 5.32 Å². The largest absolute Gasteiger partial charge is 0.469 e. The second-order valence-electron chi connectivity index (χ2n) is 8.03. The molecule has 7 nitrogen and oxygen atoms in total. The Kier molecular flexibility index (Phi) is 7.43. The van der Waals surface area contributed by atoms with Crippen LogP contribution in [0.15, 0.2) is 30.3 Å². The summed E-state index contributed by atoms with van der Waals surface area (Å²) in [6, 6.07) is 9.02. The summed E-state index contributed by atoms with van der Waals surface area (Å²) in [5, 5.41) is 2.81. The standard InChI is InChI=1S/C21H29NO6/c1-21(2,3)19(24)27-13-16-15(18(23)26-4)10-11-17(16)22-20(25)28-12-14-8-6-5-7-9-14/h5-9,15-17H,10-13H2,1-4H3,(H,22,25). The van der Waals surface area contributed by atoms with Gasteiger partial charge in [-0.2, -0.15) is 0 Å². The van der Waals surface area contributed by atoms with Gasteiger partial charge in [0.1, 0.15) is 6.61 Å². The van der Waals surface area contributed by atoms with E-state index in [0.29, 0.717) is 12.8 Å². The van der Waals surface area contributed by atoms with Crippen molar-refractivity contribution in [2.45, 2.75) is 46.3 Å². The molecule has 0 radical (unpaired) electrons. The van der Waals surface area contributed by atoms with E-state index < -0.39 is 17.4 Å². The number of rotatable bonds is 6. The average Bonchev–Trinajstić information content (AvgIpc) is 3.06. The lowest BCUT2D eigenvalue weighted by Gasteiger charge is -2.25. The van der Waals surface area contributed by atoms with Gasteiger partial charge >= 0.3 is 18.0 Å². The van der Waals surface area contributed by atoms with Crippen molar-refractivity contribution in [3.63, 3.8) is 0 Å². The molecule has 1 saturated carbocycles. The molecule has 0 saturated heterocycles. The van der Waals surface area contributed by atoms with Gasteiger partial charge in [0.2, 0.25) is 0 Å². The molecule has 0 heterocycles. The summed E-state index contributed by atoms with van der Waals surface area (Å²) in [5.41, 5.74) is 0.240. The Labute approximate surface area is 165 Å². The van der Waals surface area contributed by atoms with Crippen molar-refractivity contribution < 1.29 is 28.6 Å². The quantitative estimate of drug-likeness (QED) is 0.592. The molecule has 1 amide bonds. The van der Waals surface area contributed by atoms with Gasteiger partial charge < -0.3 is 19.5 Å². The predicted octanol–water partition coefficient (Wildman–Crippen LogP) is 3.07. The number of nitrogens with one attached hydrogen (secondary N) is 1. The first-order chi connectivity index (χ1) is 13.2. The average molecular weight is 391 g/mol. The molecule has 7 heteroatoms. The third kappa shape index (κ3) is 5.97. The van der Waals surface area contributed by atoms with Crippen molar-refractivity contribution in [3.8, 4) is 0 Å². The van der Waals surface area contributed by atoms with E-state index in [1.165, 1.54) is 7.11 Å². The number of benzene rings is 1. The van der Waals surface area contributed by atoms with Crippen LogP contribution >= 0.6 is 0 Å². The Morgan fingerprint density at radius 3 is 2.36 bits per heavy atom. The summed E-state index contributed by atoms with van der Waals surface area (Å²) < 4.78 is 15.6. The van der Waals surface area contributed by atoms with Crippen LogP contribution in [-0.2, 0) is 30.4 Å². The summed E-state index contributed by atoms with van der Waals surface area (Å²) in [6.07, 6.45) is 0.568. The molecule has 1 aliphatic rings. The number of carbonyl (C=O) groups is 3. The topological polar surface area (TPSA) is 90.9 Å². The Hall–Kier alpha value is -2.57.